The van der Waals surface area contributed by atoms with Crippen LogP contribution in [0, 0.1) is 5.92 Å². The van der Waals surface area contributed by atoms with Gasteiger partial charge in [0, 0.05) is 6.54 Å². The van der Waals surface area contributed by atoms with Gasteiger partial charge in [-0.3, -0.25) is 0 Å². The Kier molecular flexibility index (Phi) is 5.62. The second-order valence-electron chi connectivity index (χ2n) is 8.52. The molecule has 2 aliphatic heterocycles. The SMILES string of the molecule is CCOc1ccc(C2CCCN2C(=O)NC(c2ccc3c(c2)OCCO3)C2CC2)cc1. The Morgan fingerprint density at radius 3 is 2.61 bits per heavy atom. The van der Waals surface area contributed by atoms with E-state index in [1.165, 1.54) is 5.56 Å². The van der Waals surface area contributed by atoms with Gasteiger partial charge >= 0.3 is 6.03 Å². The van der Waals surface area contributed by atoms with Crippen LogP contribution in [0.1, 0.15) is 55.8 Å². The molecule has 6 heteroatoms. The van der Waals surface area contributed by atoms with Crippen molar-refractivity contribution >= 4 is 6.03 Å². The molecule has 1 aliphatic carbocycles. The Hall–Kier alpha value is -2.89. The normalized spacial score (nSPS) is 20.9. The molecule has 2 aromatic carbocycles. The summed E-state index contributed by atoms with van der Waals surface area (Å²) in [7, 11) is 0. The van der Waals surface area contributed by atoms with Gasteiger partial charge in [-0.2, -0.15) is 0 Å². The highest BCUT2D eigenvalue weighted by Crippen LogP contribution is 2.44. The fourth-order valence-electron chi connectivity index (χ4n) is 4.68. The highest BCUT2D eigenvalue weighted by molar-refractivity contribution is 5.76. The van der Waals surface area contributed by atoms with Gasteiger partial charge in [-0.1, -0.05) is 18.2 Å². The van der Waals surface area contributed by atoms with Crippen molar-refractivity contribution in [1.82, 2.24) is 10.2 Å². The number of urea groups is 1. The molecule has 3 aliphatic rings. The minimum atomic E-state index is 0.00454. The molecule has 1 N–H and O–H groups in total. The average molecular weight is 423 g/mol. The molecule has 0 bridgehead atoms. The zero-order valence-electron chi connectivity index (χ0n) is 18.0. The Morgan fingerprint density at radius 1 is 1.10 bits per heavy atom. The molecule has 6 nitrogen and oxygen atoms in total. The van der Waals surface area contributed by atoms with E-state index in [4.69, 9.17) is 14.2 Å². The molecule has 1 saturated heterocycles. The summed E-state index contributed by atoms with van der Waals surface area (Å²) in [6.45, 7) is 4.56. The van der Waals surface area contributed by atoms with Crippen LogP contribution in [-0.4, -0.2) is 37.3 Å². The zero-order chi connectivity index (χ0) is 21.2. The van der Waals surface area contributed by atoms with E-state index in [-0.39, 0.29) is 18.1 Å². The smallest absolute Gasteiger partial charge is 0.318 e. The molecule has 2 heterocycles. The van der Waals surface area contributed by atoms with Crippen molar-refractivity contribution in [2.45, 2.75) is 44.7 Å². The molecule has 5 rings (SSSR count). The van der Waals surface area contributed by atoms with Crippen molar-refractivity contribution in [3.05, 3.63) is 53.6 Å². The van der Waals surface area contributed by atoms with Gasteiger partial charge in [0.15, 0.2) is 11.5 Å². The summed E-state index contributed by atoms with van der Waals surface area (Å²) in [4.78, 5) is 15.3. The quantitative estimate of drug-likeness (QED) is 0.723. The molecule has 2 atom stereocenters. The molecule has 2 fully saturated rings. The van der Waals surface area contributed by atoms with Crippen LogP contribution in [0.3, 0.4) is 0 Å². The van der Waals surface area contributed by atoms with E-state index in [9.17, 15) is 4.79 Å². The van der Waals surface area contributed by atoms with E-state index < -0.39 is 0 Å². The molecule has 164 valence electrons. The average Bonchev–Trinajstić information content (AvgIpc) is 3.53. The molecular formula is C25H30N2O4. The topological polar surface area (TPSA) is 60.0 Å². The maximum atomic E-state index is 13.3. The first-order valence-electron chi connectivity index (χ1n) is 11.4. The number of nitrogens with one attached hydrogen (secondary N) is 1. The number of fused-ring (bicyclic) bond motifs is 1. The minimum Gasteiger partial charge on any atom is -0.494 e. The summed E-state index contributed by atoms with van der Waals surface area (Å²) in [5, 5.41) is 3.34. The van der Waals surface area contributed by atoms with Crippen molar-refractivity contribution in [2.75, 3.05) is 26.4 Å². The second kappa shape index (κ2) is 8.69. The first kappa shape index (κ1) is 20.0. The Balaban J connectivity index is 1.31. The first-order valence-corrected chi connectivity index (χ1v) is 11.4. The number of nitrogens with zero attached hydrogens (tertiary/aromatic N) is 1. The summed E-state index contributed by atoms with van der Waals surface area (Å²) in [6.07, 6.45) is 4.28. The lowest BCUT2D eigenvalue weighted by Crippen LogP contribution is -2.41. The lowest BCUT2D eigenvalue weighted by Gasteiger charge is -2.29. The lowest BCUT2D eigenvalue weighted by molar-refractivity contribution is 0.171. The Morgan fingerprint density at radius 2 is 1.87 bits per heavy atom. The minimum absolute atomic E-state index is 0.00454. The van der Waals surface area contributed by atoms with Gasteiger partial charge in [0.1, 0.15) is 19.0 Å². The van der Waals surface area contributed by atoms with Crippen LogP contribution in [-0.2, 0) is 0 Å². The molecule has 2 amide bonds. The molecule has 1 saturated carbocycles. The summed E-state index contributed by atoms with van der Waals surface area (Å²) in [6, 6.07) is 14.3. The van der Waals surface area contributed by atoms with Gasteiger partial charge in [0.2, 0.25) is 0 Å². The fraction of sp³-hybridized carbons (Fsp3) is 0.480. The number of benzene rings is 2. The molecule has 31 heavy (non-hydrogen) atoms. The summed E-state index contributed by atoms with van der Waals surface area (Å²) < 4.78 is 17.0. The van der Waals surface area contributed by atoms with Crippen molar-refractivity contribution in [2.24, 2.45) is 5.92 Å². The number of ether oxygens (including phenoxy) is 3. The van der Waals surface area contributed by atoms with Crippen molar-refractivity contribution in [1.29, 1.82) is 0 Å². The van der Waals surface area contributed by atoms with E-state index in [1.54, 1.807) is 0 Å². The largest absolute Gasteiger partial charge is 0.494 e. The van der Waals surface area contributed by atoms with Crippen LogP contribution >= 0.6 is 0 Å². The highest BCUT2D eigenvalue weighted by atomic mass is 16.6. The number of rotatable bonds is 6. The van der Waals surface area contributed by atoms with Crippen LogP contribution in [0.4, 0.5) is 4.79 Å². The van der Waals surface area contributed by atoms with E-state index in [1.807, 2.05) is 36.1 Å². The summed E-state index contributed by atoms with van der Waals surface area (Å²) in [5.41, 5.74) is 2.26. The van der Waals surface area contributed by atoms with Gasteiger partial charge in [0.05, 0.1) is 18.7 Å². The van der Waals surface area contributed by atoms with Crippen LogP contribution < -0.4 is 19.5 Å². The monoisotopic (exact) mass is 422 g/mol. The Labute approximate surface area is 183 Å². The van der Waals surface area contributed by atoms with E-state index in [0.29, 0.717) is 25.7 Å². The van der Waals surface area contributed by atoms with Crippen LogP contribution in [0.2, 0.25) is 0 Å². The highest BCUT2D eigenvalue weighted by Gasteiger charge is 2.37. The number of hydrogen-bond donors (Lipinski definition) is 1. The van der Waals surface area contributed by atoms with Crippen LogP contribution in [0.25, 0.3) is 0 Å². The van der Waals surface area contributed by atoms with Gasteiger partial charge in [-0.05, 0) is 73.9 Å². The second-order valence-corrected chi connectivity index (χ2v) is 8.52. The van der Waals surface area contributed by atoms with Crippen molar-refractivity contribution < 1.29 is 19.0 Å². The van der Waals surface area contributed by atoms with E-state index >= 15 is 0 Å². The van der Waals surface area contributed by atoms with Gasteiger partial charge in [-0.25, -0.2) is 4.79 Å². The third-order valence-corrected chi connectivity index (χ3v) is 6.39. The lowest BCUT2D eigenvalue weighted by atomic mass is 10.0. The van der Waals surface area contributed by atoms with Gasteiger partial charge in [0.25, 0.3) is 0 Å². The summed E-state index contributed by atoms with van der Waals surface area (Å²) in [5.74, 6) is 2.91. The number of carbonyl (C=O) groups is 1. The third kappa shape index (κ3) is 4.29. The third-order valence-electron chi connectivity index (χ3n) is 6.39. The van der Waals surface area contributed by atoms with E-state index in [2.05, 4.69) is 23.5 Å². The zero-order valence-corrected chi connectivity index (χ0v) is 18.0. The maximum absolute atomic E-state index is 13.3. The molecular weight excluding hydrogens is 392 g/mol. The predicted molar refractivity (Wildman–Crippen MR) is 118 cm³/mol. The van der Waals surface area contributed by atoms with E-state index in [0.717, 1.165) is 55.0 Å². The molecule has 0 aromatic heterocycles. The Bertz CT molecular complexity index is 926. The molecule has 2 aromatic rings. The van der Waals surface area contributed by atoms with Crippen LogP contribution in [0.5, 0.6) is 17.2 Å². The standard InChI is InChI=1S/C25H30N2O4/c1-2-29-20-10-7-17(8-11-20)21-4-3-13-27(21)25(28)26-24(18-5-6-18)19-9-12-22-23(16-19)31-15-14-30-22/h7-12,16,18,21,24H,2-6,13-15H2,1H3,(H,26,28). The molecule has 0 spiro atoms. The van der Waals surface area contributed by atoms with Crippen molar-refractivity contribution in [3.63, 3.8) is 0 Å². The number of amides is 2. The predicted octanol–water partition coefficient (Wildman–Crippen LogP) is 4.85. The number of carbonyl (C=O) groups excluding carboxylic acids is 1. The van der Waals surface area contributed by atoms with Gasteiger partial charge < -0.3 is 24.4 Å². The number of likely N-dealkylation sites (tertiary alicyclic amines) is 1. The summed E-state index contributed by atoms with van der Waals surface area (Å²) >= 11 is 0. The maximum Gasteiger partial charge on any atom is 0.318 e. The van der Waals surface area contributed by atoms with Crippen molar-refractivity contribution in [3.8, 4) is 17.2 Å². The first-order chi connectivity index (χ1) is 15.2. The van der Waals surface area contributed by atoms with Crippen LogP contribution in [0.15, 0.2) is 42.5 Å². The fourth-order valence-corrected chi connectivity index (χ4v) is 4.68. The van der Waals surface area contributed by atoms with Gasteiger partial charge in [-0.15, -0.1) is 0 Å². The number of hydrogen-bond acceptors (Lipinski definition) is 4. The molecule has 2 unspecified atom stereocenters. The molecule has 0 radical (unpaired) electrons.